The predicted octanol–water partition coefficient (Wildman–Crippen LogP) is 5.23. The number of nitrogens with zero attached hydrogens (tertiary/aromatic N) is 4. The fourth-order valence-corrected chi connectivity index (χ4v) is 3.44. The molecule has 162 valence electrons. The molecule has 1 heterocycles. The first kappa shape index (κ1) is 21.2. The molecule has 0 fully saturated rings. The number of nitro groups is 1. The Morgan fingerprint density at radius 3 is 2.50 bits per heavy atom. The summed E-state index contributed by atoms with van der Waals surface area (Å²) in [5, 5.41) is 23.0. The quantitative estimate of drug-likeness (QED) is 0.320. The van der Waals surface area contributed by atoms with Gasteiger partial charge in [0.05, 0.1) is 10.6 Å². The molecule has 8 heteroatoms. The summed E-state index contributed by atoms with van der Waals surface area (Å²) in [6.45, 7) is 3.81. The number of nitrogens with one attached hydrogen (secondary N) is 1. The van der Waals surface area contributed by atoms with Gasteiger partial charge in [-0.25, -0.2) is 0 Å². The second-order valence-electron chi connectivity index (χ2n) is 7.68. The van der Waals surface area contributed by atoms with Gasteiger partial charge in [0.25, 0.3) is 11.6 Å². The van der Waals surface area contributed by atoms with Crippen molar-refractivity contribution in [3.63, 3.8) is 0 Å². The van der Waals surface area contributed by atoms with Crippen LogP contribution in [0.25, 0.3) is 16.7 Å². The topological polar surface area (TPSA) is 103 Å². The van der Waals surface area contributed by atoms with Gasteiger partial charge in [0.2, 0.25) is 0 Å². The molecule has 1 aromatic heterocycles. The second-order valence-corrected chi connectivity index (χ2v) is 7.68. The smallest absolute Gasteiger partial charge is 0.273 e. The first-order valence-electron chi connectivity index (χ1n) is 10.5. The van der Waals surface area contributed by atoms with Gasteiger partial charge in [-0.2, -0.15) is 4.80 Å². The van der Waals surface area contributed by atoms with Crippen LogP contribution >= 0.6 is 0 Å². The number of hydrogen-bond donors (Lipinski definition) is 1. The minimum absolute atomic E-state index is 0.0863. The van der Waals surface area contributed by atoms with Crippen molar-refractivity contribution in [3.05, 3.63) is 87.5 Å². The third kappa shape index (κ3) is 4.49. The Hall–Kier alpha value is -4.07. The Labute approximate surface area is 185 Å². The van der Waals surface area contributed by atoms with Crippen molar-refractivity contribution >= 4 is 28.3 Å². The monoisotopic (exact) mass is 429 g/mol. The zero-order valence-corrected chi connectivity index (χ0v) is 17.9. The van der Waals surface area contributed by atoms with E-state index in [2.05, 4.69) is 34.6 Å². The minimum Gasteiger partial charge on any atom is -0.322 e. The number of aromatic nitrogens is 3. The first-order valence-corrected chi connectivity index (χ1v) is 10.5. The van der Waals surface area contributed by atoms with Crippen molar-refractivity contribution in [1.29, 1.82) is 0 Å². The average Bonchev–Trinajstić information content (AvgIpc) is 3.21. The molecule has 8 nitrogen and oxygen atoms in total. The Morgan fingerprint density at radius 1 is 1.03 bits per heavy atom. The van der Waals surface area contributed by atoms with Crippen LogP contribution in [0.1, 0.15) is 41.3 Å². The lowest BCUT2D eigenvalue weighted by Crippen LogP contribution is -2.12. The van der Waals surface area contributed by atoms with E-state index in [4.69, 9.17) is 0 Å². The van der Waals surface area contributed by atoms with Crippen LogP contribution in [-0.2, 0) is 6.42 Å². The summed E-state index contributed by atoms with van der Waals surface area (Å²) in [6, 6.07) is 17.8. The summed E-state index contributed by atoms with van der Waals surface area (Å²) in [5.74, 6) is -0.428. The predicted molar refractivity (Wildman–Crippen MR) is 123 cm³/mol. The van der Waals surface area contributed by atoms with Gasteiger partial charge in [0.15, 0.2) is 0 Å². The molecule has 1 amide bonds. The largest absolute Gasteiger partial charge is 0.322 e. The van der Waals surface area contributed by atoms with Crippen molar-refractivity contribution in [2.24, 2.45) is 0 Å². The fourth-order valence-electron chi connectivity index (χ4n) is 3.44. The number of anilines is 1. The maximum absolute atomic E-state index is 12.6. The summed E-state index contributed by atoms with van der Waals surface area (Å²) in [6.07, 6.45) is 3.37. The van der Waals surface area contributed by atoms with E-state index in [1.807, 2.05) is 12.1 Å². The summed E-state index contributed by atoms with van der Waals surface area (Å²) in [7, 11) is 0. The summed E-state index contributed by atoms with van der Waals surface area (Å²) in [4.78, 5) is 24.8. The number of carbonyl (C=O) groups is 1. The van der Waals surface area contributed by atoms with Crippen LogP contribution in [0, 0.1) is 17.0 Å². The summed E-state index contributed by atoms with van der Waals surface area (Å²) >= 11 is 0. The van der Waals surface area contributed by atoms with Gasteiger partial charge in [-0.3, -0.25) is 14.9 Å². The number of rotatable bonds is 7. The molecule has 3 aromatic carbocycles. The number of carbonyl (C=O) groups excluding carboxylic acids is 1. The van der Waals surface area contributed by atoms with Crippen molar-refractivity contribution in [2.45, 2.75) is 33.1 Å². The van der Waals surface area contributed by atoms with Gasteiger partial charge in [-0.1, -0.05) is 31.5 Å². The Kier molecular flexibility index (Phi) is 5.93. The molecule has 0 bridgehead atoms. The highest BCUT2D eigenvalue weighted by molar-refractivity contribution is 6.05. The molecule has 32 heavy (non-hydrogen) atoms. The average molecular weight is 429 g/mol. The van der Waals surface area contributed by atoms with Crippen LogP contribution in [0.3, 0.4) is 0 Å². The normalized spacial score (nSPS) is 10.9. The molecular weight excluding hydrogens is 406 g/mol. The lowest BCUT2D eigenvalue weighted by atomic mass is 10.1. The highest BCUT2D eigenvalue weighted by Crippen LogP contribution is 2.22. The number of aryl methyl sites for hydroxylation is 2. The van der Waals surface area contributed by atoms with Crippen LogP contribution in [0.15, 0.2) is 60.7 Å². The van der Waals surface area contributed by atoms with E-state index >= 15 is 0 Å². The molecule has 1 N–H and O–H groups in total. The Bertz CT molecular complexity index is 1290. The summed E-state index contributed by atoms with van der Waals surface area (Å²) in [5.41, 5.74) is 4.64. The minimum atomic E-state index is -0.493. The highest BCUT2D eigenvalue weighted by atomic mass is 16.6. The molecule has 0 radical (unpaired) electrons. The molecule has 0 atom stereocenters. The van der Waals surface area contributed by atoms with Gasteiger partial charge >= 0.3 is 0 Å². The van der Waals surface area contributed by atoms with E-state index in [1.165, 1.54) is 11.6 Å². The Balaban J connectivity index is 1.54. The highest BCUT2D eigenvalue weighted by Gasteiger charge is 2.15. The molecule has 0 aliphatic carbocycles. The lowest BCUT2D eigenvalue weighted by Gasteiger charge is -2.06. The molecule has 4 rings (SSSR count). The van der Waals surface area contributed by atoms with E-state index in [-0.39, 0.29) is 11.3 Å². The molecule has 0 unspecified atom stereocenters. The van der Waals surface area contributed by atoms with Gasteiger partial charge in [-0.15, -0.1) is 10.2 Å². The Morgan fingerprint density at radius 2 is 1.78 bits per heavy atom. The third-order valence-corrected chi connectivity index (χ3v) is 5.29. The number of fused-ring (bicyclic) bond motifs is 1. The molecule has 4 aromatic rings. The van der Waals surface area contributed by atoms with Crippen LogP contribution in [0.4, 0.5) is 11.4 Å². The lowest BCUT2D eigenvalue weighted by molar-refractivity contribution is -0.385. The van der Waals surface area contributed by atoms with Crippen molar-refractivity contribution in [3.8, 4) is 5.69 Å². The van der Waals surface area contributed by atoms with E-state index in [0.29, 0.717) is 22.3 Å². The van der Waals surface area contributed by atoms with E-state index in [9.17, 15) is 14.9 Å². The van der Waals surface area contributed by atoms with E-state index < -0.39 is 10.8 Å². The third-order valence-electron chi connectivity index (χ3n) is 5.29. The van der Waals surface area contributed by atoms with Crippen LogP contribution in [0.5, 0.6) is 0 Å². The zero-order valence-electron chi connectivity index (χ0n) is 17.9. The number of benzene rings is 3. The maximum Gasteiger partial charge on any atom is 0.273 e. The van der Waals surface area contributed by atoms with Crippen LogP contribution in [-0.4, -0.2) is 25.8 Å². The fraction of sp³-hybridized carbons (Fsp3) is 0.208. The standard InChI is InChI=1S/C24H23N5O3/c1-3-4-5-17-7-11-20(12-8-17)28-26-21-13-10-19(15-22(21)27-28)25-24(30)18-9-6-16(2)23(14-18)29(31)32/h6-15H,3-5H2,1-2H3,(H,25,30). The SMILES string of the molecule is CCCCc1ccc(-n2nc3ccc(NC(=O)c4ccc(C)c([N+](=O)[O-])c4)cc3n2)cc1. The molecular formula is C24H23N5O3. The van der Waals surface area contributed by atoms with Crippen molar-refractivity contribution in [2.75, 3.05) is 5.32 Å². The number of unbranched alkanes of at least 4 members (excludes halogenated alkanes) is 1. The number of amides is 1. The number of nitro benzene ring substituents is 1. The van der Waals surface area contributed by atoms with E-state index in [0.717, 1.165) is 24.9 Å². The number of hydrogen-bond acceptors (Lipinski definition) is 5. The molecule has 0 spiro atoms. The zero-order chi connectivity index (χ0) is 22.7. The van der Waals surface area contributed by atoms with Gasteiger partial charge in [0, 0.05) is 22.9 Å². The van der Waals surface area contributed by atoms with Crippen LogP contribution < -0.4 is 5.32 Å². The first-order chi connectivity index (χ1) is 15.4. The van der Waals surface area contributed by atoms with Gasteiger partial charge < -0.3 is 5.32 Å². The van der Waals surface area contributed by atoms with Crippen molar-refractivity contribution < 1.29 is 9.72 Å². The van der Waals surface area contributed by atoms with Gasteiger partial charge in [-0.05, 0) is 61.7 Å². The molecule has 0 aliphatic rings. The van der Waals surface area contributed by atoms with Crippen LogP contribution in [0.2, 0.25) is 0 Å². The maximum atomic E-state index is 12.6. The van der Waals surface area contributed by atoms with Crippen molar-refractivity contribution in [1.82, 2.24) is 15.0 Å². The second kappa shape index (κ2) is 8.97. The molecule has 0 aliphatic heterocycles. The molecule has 0 saturated heterocycles. The van der Waals surface area contributed by atoms with Gasteiger partial charge in [0.1, 0.15) is 11.0 Å². The molecule has 0 saturated carbocycles. The summed E-state index contributed by atoms with van der Waals surface area (Å²) < 4.78 is 0. The van der Waals surface area contributed by atoms with E-state index in [1.54, 1.807) is 42.1 Å².